The van der Waals surface area contributed by atoms with E-state index in [4.69, 9.17) is 5.73 Å². The third-order valence-electron chi connectivity index (χ3n) is 3.15. The fourth-order valence-electron chi connectivity index (χ4n) is 2.05. The summed E-state index contributed by atoms with van der Waals surface area (Å²) in [5.41, 5.74) is 5.48. The van der Waals surface area contributed by atoms with Gasteiger partial charge < -0.3 is 11.1 Å². The number of nitrogens with two attached hydrogens (primary N) is 1. The van der Waals surface area contributed by atoms with Crippen LogP contribution in [0.4, 0.5) is 5.82 Å². The molecule has 19 heavy (non-hydrogen) atoms. The fraction of sp³-hybridized carbons (Fsp3) is 0.571. The van der Waals surface area contributed by atoms with Crippen molar-refractivity contribution in [3.8, 4) is 0 Å². The van der Waals surface area contributed by atoms with Crippen LogP contribution in [-0.2, 0) is 6.42 Å². The zero-order valence-electron chi connectivity index (χ0n) is 11.5. The number of hydrogen-bond acceptors (Lipinski definition) is 5. The van der Waals surface area contributed by atoms with Crippen LogP contribution in [0, 0.1) is 0 Å². The van der Waals surface area contributed by atoms with Crippen molar-refractivity contribution in [3.63, 3.8) is 0 Å². The molecular formula is C14H22N4S. The number of nitrogens with one attached hydrogen (secondary N) is 1. The zero-order valence-corrected chi connectivity index (χ0v) is 12.3. The van der Waals surface area contributed by atoms with Crippen LogP contribution in [0.5, 0.6) is 0 Å². The largest absolute Gasteiger partial charge is 0.369 e. The summed E-state index contributed by atoms with van der Waals surface area (Å²) in [4.78, 5) is 11.1. The molecule has 0 atom stereocenters. The lowest BCUT2D eigenvalue weighted by atomic mass is 10.2. The van der Waals surface area contributed by atoms with Crippen molar-refractivity contribution in [2.24, 2.45) is 5.73 Å². The maximum Gasteiger partial charge on any atom is 0.138 e. The van der Waals surface area contributed by atoms with Crippen molar-refractivity contribution in [2.45, 2.75) is 39.0 Å². The Balaban J connectivity index is 1.91. The van der Waals surface area contributed by atoms with E-state index in [1.807, 2.05) is 0 Å². The van der Waals surface area contributed by atoms with Crippen molar-refractivity contribution in [1.29, 1.82) is 0 Å². The molecule has 0 spiro atoms. The molecular weight excluding hydrogens is 256 g/mol. The summed E-state index contributed by atoms with van der Waals surface area (Å²) >= 11 is 1.76. The van der Waals surface area contributed by atoms with Crippen molar-refractivity contribution in [3.05, 3.63) is 17.3 Å². The fourth-order valence-corrected chi connectivity index (χ4v) is 2.99. The Morgan fingerprint density at radius 2 is 2.05 bits per heavy atom. The van der Waals surface area contributed by atoms with E-state index in [1.54, 1.807) is 17.7 Å². The summed E-state index contributed by atoms with van der Waals surface area (Å²) in [6.45, 7) is 3.94. The van der Waals surface area contributed by atoms with Crippen LogP contribution in [0.15, 0.2) is 12.4 Å². The third-order valence-corrected chi connectivity index (χ3v) is 4.34. The second-order valence-electron chi connectivity index (χ2n) is 4.64. The van der Waals surface area contributed by atoms with E-state index in [9.17, 15) is 0 Å². The Morgan fingerprint density at radius 1 is 1.21 bits per heavy atom. The molecule has 3 N–H and O–H groups in total. The molecule has 0 saturated heterocycles. The molecule has 0 radical (unpaired) electrons. The average Bonchev–Trinajstić information content (AvgIpc) is 2.86. The van der Waals surface area contributed by atoms with E-state index in [2.05, 4.69) is 28.3 Å². The molecule has 2 heterocycles. The lowest BCUT2D eigenvalue weighted by Crippen LogP contribution is -2.04. The van der Waals surface area contributed by atoms with Crippen LogP contribution >= 0.6 is 11.3 Å². The van der Waals surface area contributed by atoms with Gasteiger partial charge in [-0.15, -0.1) is 11.3 Å². The number of thiophene rings is 1. The second-order valence-corrected chi connectivity index (χ2v) is 5.75. The predicted octanol–water partition coefficient (Wildman–Crippen LogP) is 3.18. The van der Waals surface area contributed by atoms with Crippen molar-refractivity contribution < 1.29 is 0 Å². The lowest BCUT2D eigenvalue weighted by Gasteiger charge is -2.05. The Labute approximate surface area is 118 Å². The first-order valence-corrected chi connectivity index (χ1v) is 7.84. The molecule has 104 valence electrons. The Bertz CT molecular complexity index is 509. The Morgan fingerprint density at radius 3 is 2.84 bits per heavy atom. The van der Waals surface area contributed by atoms with Gasteiger partial charge in [0.15, 0.2) is 0 Å². The van der Waals surface area contributed by atoms with Gasteiger partial charge in [0.05, 0.1) is 5.39 Å². The van der Waals surface area contributed by atoms with E-state index in [0.717, 1.165) is 48.4 Å². The van der Waals surface area contributed by atoms with Gasteiger partial charge in [-0.2, -0.15) is 0 Å². The van der Waals surface area contributed by atoms with Gasteiger partial charge >= 0.3 is 0 Å². The van der Waals surface area contributed by atoms with Gasteiger partial charge in [-0.25, -0.2) is 9.97 Å². The highest BCUT2D eigenvalue weighted by atomic mass is 32.1. The number of aryl methyl sites for hydroxylation is 1. The number of nitrogens with zero attached hydrogens (tertiary/aromatic N) is 2. The van der Waals surface area contributed by atoms with E-state index in [1.165, 1.54) is 17.7 Å². The number of hydrogen-bond donors (Lipinski definition) is 2. The standard InChI is InChI=1S/C14H22N4S/c1-2-11-9-12-13(17-10-18-14(12)19-11)16-8-6-4-3-5-7-15/h9-10H,2-8,15H2,1H3,(H,16,17,18). The van der Waals surface area contributed by atoms with E-state index in [0.29, 0.717) is 0 Å². The third kappa shape index (κ3) is 3.88. The summed E-state index contributed by atoms with van der Waals surface area (Å²) in [6, 6.07) is 2.21. The summed E-state index contributed by atoms with van der Waals surface area (Å²) in [6.07, 6.45) is 7.44. The molecule has 4 nitrogen and oxygen atoms in total. The van der Waals surface area contributed by atoms with Crippen LogP contribution in [0.1, 0.15) is 37.5 Å². The molecule has 2 aromatic rings. The molecule has 0 aliphatic heterocycles. The summed E-state index contributed by atoms with van der Waals surface area (Å²) in [7, 11) is 0. The van der Waals surface area contributed by atoms with Gasteiger partial charge in [0.1, 0.15) is 17.0 Å². The van der Waals surface area contributed by atoms with Crippen molar-refractivity contribution in [1.82, 2.24) is 9.97 Å². The Hall–Kier alpha value is -1.20. The van der Waals surface area contributed by atoms with Crippen molar-refractivity contribution in [2.75, 3.05) is 18.4 Å². The molecule has 0 amide bonds. The van der Waals surface area contributed by atoms with Crippen LogP contribution in [0.25, 0.3) is 10.2 Å². The normalized spacial score (nSPS) is 11.1. The maximum atomic E-state index is 5.48. The highest BCUT2D eigenvalue weighted by Crippen LogP contribution is 2.28. The molecule has 0 aliphatic carbocycles. The number of fused-ring (bicyclic) bond motifs is 1. The minimum Gasteiger partial charge on any atom is -0.369 e. The highest BCUT2D eigenvalue weighted by molar-refractivity contribution is 7.18. The summed E-state index contributed by atoms with van der Waals surface area (Å²) < 4.78 is 0. The summed E-state index contributed by atoms with van der Waals surface area (Å²) in [5, 5.41) is 4.58. The molecule has 5 heteroatoms. The molecule has 0 bridgehead atoms. The first-order valence-electron chi connectivity index (χ1n) is 7.02. The maximum absolute atomic E-state index is 5.48. The first-order chi connectivity index (χ1) is 9.35. The van der Waals surface area contributed by atoms with Crippen molar-refractivity contribution >= 4 is 27.4 Å². The number of unbranched alkanes of at least 4 members (excludes halogenated alkanes) is 3. The van der Waals surface area contributed by atoms with E-state index < -0.39 is 0 Å². The topological polar surface area (TPSA) is 63.8 Å². The number of rotatable bonds is 8. The van der Waals surface area contributed by atoms with Crippen LogP contribution < -0.4 is 11.1 Å². The van der Waals surface area contributed by atoms with Gasteiger partial charge in [0.25, 0.3) is 0 Å². The molecule has 0 unspecified atom stereocenters. The summed E-state index contributed by atoms with van der Waals surface area (Å²) in [5.74, 6) is 0.972. The molecule has 0 aliphatic rings. The Kier molecular flexibility index (Phi) is 5.54. The zero-order chi connectivity index (χ0) is 13.5. The SMILES string of the molecule is CCc1cc2c(NCCCCCCN)ncnc2s1. The van der Waals surface area contributed by atoms with Gasteiger partial charge in [-0.1, -0.05) is 19.8 Å². The second kappa shape index (κ2) is 7.40. The monoisotopic (exact) mass is 278 g/mol. The molecule has 0 aromatic carbocycles. The molecule has 2 aromatic heterocycles. The smallest absolute Gasteiger partial charge is 0.138 e. The van der Waals surface area contributed by atoms with E-state index in [-0.39, 0.29) is 0 Å². The number of aromatic nitrogens is 2. The molecule has 0 saturated carbocycles. The van der Waals surface area contributed by atoms with Gasteiger partial charge in [0.2, 0.25) is 0 Å². The van der Waals surface area contributed by atoms with Crippen LogP contribution in [0.2, 0.25) is 0 Å². The highest BCUT2D eigenvalue weighted by Gasteiger charge is 2.07. The average molecular weight is 278 g/mol. The lowest BCUT2D eigenvalue weighted by molar-refractivity contribution is 0.661. The predicted molar refractivity (Wildman–Crippen MR) is 82.8 cm³/mol. The first kappa shape index (κ1) is 14.2. The number of anilines is 1. The molecule has 2 rings (SSSR count). The van der Waals surface area contributed by atoms with E-state index >= 15 is 0 Å². The quantitative estimate of drug-likeness (QED) is 0.728. The van der Waals surface area contributed by atoms with Crippen LogP contribution in [-0.4, -0.2) is 23.1 Å². The molecule has 0 fully saturated rings. The van der Waals surface area contributed by atoms with Gasteiger partial charge in [0, 0.05) is 11.4 Å². The van der Waals surface area contributed by atoms with Gasteiger partial charge in [-0.05, 0) is 31.9 Å². The van der Waals surface area contributed by atoms with Gasteiger partial charge in [-0.3, -0.25) is 0 Å². The van der Waals surface area contributed by atoms with Crippen LogP contribution in [0.3, 0.4) is 0 Å². The minimum absolute atomic E-state index is 0.800. The minimum atomic E-state index is 0.800.